The van der Waals surface area contributed by atoms with Crippen LogP contribution in [-0.2, 0) is 22.6 Å². The molecule has 7 heteroatoms. The second kappa shape index (κ2) is 9.00. The van der Waals surface area contributed by atoms with Crippen LogP contribution in [0.4, 0.5) is 0 Å². The lowest BCUT2D eigenvalue weighted by Crippen LogP contribution is -2.49. The maximum atomic E-state index is 12.1. The molecule has 6 nitrogen and oxygen atoms in total. The van der Waals surface area contributed by atoms with Crippen LogP contribution in [0.15, 0.2) is 48.8 Å². The summed E-state index contributed by atoms with van der Waals surface area (Å²) in [6.45, 7) is -0.193. The molecule has 1 aromatic heterocycles. The molecule has 2 rings (SSSR count). The lowest BCUT2D eigenvalue weighted by molar-refractivity contribution is -0.129. The molecule has 3 N–H and O–H groups in total. The highest BCUT2D eigenvalue weighted by molar-refractivity contribution is 6.30. The molecule has 0 radical (unpaired) electrons. The summed E-state index contributed by atoms with van der Waals surface area (Å²) in [6.07, 6.45) is 3.29. The van der Waals surface area contributed by atoms with Gasteiger partial charge in [0.1, 0.15) is 6.04 Å². The van der Waals surface area contributed by atoms with Gasteiger partial charge in [-0.3, -0.25) is 14.6 Å². The van der Waals surface area contributed by atoms with Gasteiger partial charge < -0.3 is 15.7 Å². The number of hydrogen-bond acceptors (Lipinski definition) is 4. The molecule has 2 amide bonds. The number of rotatable bonds is 7. The zero-order valence-corrected chi connectivity index (χ0v) is 13.7. The molecule has 0 aliphatic rings. The van der Waals surface area contributed by atoms with E-state index in [0.717, 1.165) is 11.1 Å². The number of pyridine rings is 1. The molecule has 0 fully saturated rings. The third-order valence-corrected chi connectivity index (χ3v) is 3.58. The van der Waals surface area contributed by atoms with Crippen molar-refractivity contribution in [2.75, 3.05) is 6.61 Å². The van der Waals surface area contributed by atoms with Crippen molar-refractivity contribution in [1.29, 1.82) is 0 Å². The molecule has 126 valence electrons. The van der Waals surface area contributed by atoms with E-state index in [1.54, 1.807) is 48.8 Å². The van der Waals surface area contributed by atoms with Crippen LogP contribution >= 0.6 is 11.6 Å². The van der Waals surface area contributed by atoms with Gasteiger partial charge in [-0.1, -0.05) is 23.7 Å². The molecule has 0 aliphatic heterocycles. The number of nitrogens with zero attached hydrogens (tertiary/aromatic N) is 1. The fraction of sp³-hybridized carbons (Fsp3) is 0.235. The molecular weight excluding hydrogens is 330 g/mol. The fourth-order valence-electron chi connectivity index (χ4n) is 2.04. The first-order valence-electron chi connectivity index (χ1n) is 7.40. The number of aliphatic hydroxyl groups excluding tert-OH is 1. The number of aromatic nitrogens is 1. The van der Waals surface area contributed by atoms with Gasteiger partial charge in [0.15, 0.2) is 0 Å². The van der Waals surface area contributed by atoms with Crippen LogP contribution in [-0.4, -0.2) is 34.6 Å². The van der Waals surface area contributed by atoms with Gasteiger partial charge in [0.2, 0.25) is 11.8 Å². The number of hydrogen-bond donors (Lipinski definition) is 3. The van der Waals surface area contributed by atoms with E-state index in [0.29, 0.717) is 5.02 Å². The summed E-state index contributed by atoms with van der Waals surface area (Å²) in [5.74, 6) is -0.794. The minimum Gasteiger partial charge on any atom is -0.394 e. The lowest BCUT2D eigenvalue weighted by atomic mass is 10.1. The van der Waals surface area contributed by atoms with E-state index >= 15 is 0 Å². The Balaban J connectivity index is 1.84. The molecule has 0 bridgehead atoms. The first kappa shape index (κ1) is 17.9. The van der Waals surface area contributed by atoms with Crippen LogP contribution in [0, 0.1) is 0 Å². The topological polar surface area (TPSA) is 91.3 Å². The second-order valence-electron chi connectivity index (χ2n) is 5.18. The van der Waals surface area contributed by atoms with Crippen molar-refractivity contribution in [2.24, 2.45) is 0 Å². The number of aliphatic hydroxyl groups is 1. The first-order valence-corrected chi connectivity index (χ1v) is 7.77. The molecule has 0 unspecified atom stereocenters. The highest BCUT2D eigenvalue weighted by atomic mass is 35.5. The number of amides is 2. The van der Waals surface area contributed by atoms with Crippen LogP contribution in [0.5, 0.6) is 0 Å². The van der Waals surface area contributed by atoms with Crippen LogP contribution in [0.3, 0.4) is 0 Å². The van der Waals surface area contributed by atoms with Crippen molar-refractivity contribution >= 4 is 23.4 Å². The smallest absolute Gasteiger partial charge is 0.245 e. The van der Waals surface area contributed by atoms with Crippen LogP contribution in [0.2, 0.25) is 5.02 Å². The largest absolute Gasteiger partial charge is 0.394 e. The van der Waals surface area contributed by atoms with Gasteiger partial charge >= 0.3 is 0 Å². The molecule has 24 heavy (non-hydrogen) atoms. The average Bonchev–Trinajstić information content (AvgIpc) is 2.59. The summed E-state index contributed by atoms with van der Waals surface area (Å²) in [5, 5.41) is 15.1. The lowest BCUT2D eigenvalue weighted by Gasteiger charge is -2.16. The Hall–Kier alpha value is -2.44. The van der Waals surface area contributed by atoms with Gasteiger partial charge in [0.05, 0.1) is 13.0 Å². The molecule has 0 spiro atoms. The number of nitrogens with one attached hydrogen (secondary N) is 2. The molecule has 1 atom stereocenters. The Morgan fingerprint density at radius 1 is 1.08 bits per heavy atom. The highest BCUT2D eigenvalue weighted by Crippen LogP contribution is 2.09. The third kappa shape index (κ3) is 5.64. The number of halogens is 1. The van der Waals surface area contributed by atoms with E-state index in [-0.39, 0.29) is 18.9 Å². The monoisotopic (exact) mass is 347 g/mol. The zero-order chi connectivity index (χ0) is 17.4. The standard InChI is InChI=1S/C17H18ClN3O3/c18-14-3-1-13(2-4-14)10-20-17(24)15(11-22)21-16(23)9-12-5-7-19-8-6-12/h1-8,15,22H,9-11H2,(H,20,24)(H,21,23)/t15-/m0/s1. The van der Waals surface area contributed by atoms with Gasteiger partial charge in [-0.05, 0) is 35.4 Å². The minimum atomic E-state index is -0.994. The molecule has 1 aromatic carbocycles. The quantitative estimate of drug-likeness (QED) is 0.698. The van der Waals surface area contributed by atoms with E-state index in [2.05, 4.69) is 15.6 Å². The predicted octanol–water partition coefficient (Wildman–Crippen LogP) is 1.07. The normalized spacial score (nSPS) is 11.6. The van der Waals surface area contributed by atoms with Crippen molar-refractivity contribution < 1.29 is 14.7 Å². The molecular formula is C17H18ClN3O3. The highest BCUT2D eigenvalue weighted by Gasteiger charge is 2.19. The van der Waals surface area contributed by atoms with Gasteiger partial charge in [0, 0.05) is 24.0 Å². The summed E-state index contributed by atoms with van der Waals surface area (Å²) in [4.78, 5) is 27.9. The summed E-state index contributed by atoms with van der Waals surface area (Å²) in [7, 11) is 0. The van der Waals surface area contributed by atoms with Gasteiger partial charge in [-0.25, -0.2) is 0 Å². The SMILES string of the molecule is O=C(Cc1ccncc1)N[C@@H](CO)C(=O)NCc1ccc(Cl)cc1. The maximum Gasteiger partial charge on any atom is 0.245 e. The molecule has 2 aromatic rings. The third-order valence-electron chi connectivity index (χ3n) is 3.33. The molecule has 0 aliphatic carbocycles. The van der Waals surface area contributed by atoms with Crippen molar-refractivity contribution in [3.8, 4) is 0 Å². The van der Waals surface area contributed by atoms with E-state index in [1.165, 1.54) is 0 Å². The molecule has 0 saturated heterocycles. The van der Waals surface area contributed by atoms with E-state index in [1.807, 2.05) is 0 Å². The Morgan fingerprint density at radius 2 is 1.75 bits per heavy atom. The summed E-state index contributed by atoms with van der Waals surface area (Å²) < 4.78 is 0. The Morgan fingerprint density at radius 3 is 2.38 bits per heavy atom. The second-order valence-corrected chi connectivity index (χ2v) is 5.62. The Labute approximate surface area is 144 Å². The maximum absolute atomic E-state index is 12.1. The summed E-state index contributed by atoms with van der Waals surface area (Å²) in [5.41, 5.74) is 1.65. The van der Waals surface area contributed by atoms with E-state index in [9.17, 15) is 14.7 Å². The van der Waals surface area contributed by atoms with Crippen LogP contribution in [0.25, 0.3) is 0 Å². The van der Waals surface area contributed by atoms with Crippen molar-refractivity contribution in [3.63, 3.8) is 0 Å². The number of carbonyl (C=O) groups is 2. The van der Waals surface area contributed by atoms with Crippen LogP contribution in [0.1, 0.15) is 11.1 Å². The van der Waals surface area contributed by atoms with Crippen molar-refractivity contribution in [2.45, 2.75) is 19.0 Å². The molecule has 1 heterocycles. The molecule has 0 saturated carbocycles. The van der Waals surface area contributed by atoms with Crippen molar-refractivity contribution in [3.05, 3.63) is 64.9 Å². The van der Waals surface area contributed by atoms with E-state index < -0.39 is 18.6 Å². The first-order chi connectivity index (χ1) is 11.6. The summed E-state index contributed by atoms with van der Waals surface area (Å²) >= 11 is 5.80. The minimum absolute atomic E-state index is 0.115. The fourth-order valence-corrected chi connectivity index (χ4v) is 2.17. The van der Waals surface area contributed by atoms with Gasteiger partial charge in [0.25, 0.3) is 0 Å². The Bertz CT molecular complexity index is 677. The Kier molecular flexibility index (Phi) is 6.72. The van der Waals surface area contributed by atoms with Gasteiger partial charge in [-0.2, -0.15) is 0 Å². The number of benzene rings is 1. The van der Waals surface area contributed by atoms with Gasteiger partial charge in [-0.15, -0.1) is 0 Å². The van der Waals surface area contributed by atoms with E-state index in [4.69, 9.17) is 11.6 Å². The van der Waals surface area contributed by atoms with Crippen molar-refractivity contribution in [1.82, 2.24) is 15.6 Å². The summed E-state index contributed by atoms with van der Waals surface area (Å²) in [6, 6.07) is 9.47. The van der Waals surface area contributed by atoms with Crippen LogP contribution < -0.4 is 10.6 Å². The predicted molar refractivity (Wildman–Crippen MR) is 90.3 cm³/mol. The zero-order valence-electron chi connectivity index (χ0n) is 12.9. The number of carbonyl (C=O) groups excluding carboxylic acids is 2. The average molecular weight is 348 g/mol.